The summed E-state index contributed by atoms with van der Waals surface area (Å²) in [5.41, 5.74) is 1.45. The zero-order valence-electron chi connectivity index (χ0n) is 12.4. The van der Waals surface area contributed by atoms with E-state index >= 15 is 0 Å². The molecule has 0 aliphatic carbocycles. The van der Waals surface area contributed by atoms with Gasteiger partial charge in [0.1, 0.15) is 11.5 Å². The van der Waals surface area contributed by atoms with Crippen LogP contribution in [0.25, 0.3) is 0 Å². The molecule has 112 valence electrons. The molecule has 2 N–H and O–H groups in total. The summed E-state index contributed by atoms with van der Waals surface area (Å²) in [4.78, 5) is 18.9. The highest BCUT2D eigenvalue weighted by Gasteiger charge is 2.32. The zero-order chi connectivity index (χ0) is 14.8. The van der Waals surface area contributed by atoms with E-state index in [1.54, 1.807) is 0 Å². The van der Waals surface area contributed by atoms with Crippen LogP contribution in [-0.2, 0) is 6.42 Å². The number of nitrogens with one attached hydrogen (secondary N) is 2. The van der Waals surface area contributed by atoms with Crippen molar-refractivity contribution < 1.29 is 4.79 Å². The molecule has 0 spiro atoms. The molecule has 1 atom stereocenters. The molecule has 2 aromatic rings. The molecule has 0 bridgehead atoms. The molecule has 2 aromatic heterocycles. The van der Waals surface area contributed by atoms with Gasteiger partial charge in [0.05, 0.1) is 6.04 Å². The van der Waals surface area contributed by atoms with Crippen LogP contribution >= 0.6 is 0 Å². The van der Waals surface area contributed by atoms with Gasteiger partial charge < -0.3 is 4.90 Å². The molecule has 1 amide bonds. The predicted molar refractivity (Wildman–Crippen MR) is 76.7 cm³/mol. The van der Waals surface area contributed by atoms with E-state index < -0.39 is 0 Å². The van der Waals surface area contributed by atoms with Crippen LogP contribution in [0.2, 0.25) is 0 Å². The number of nitrogens with zero attached hydrogens (tertiary/aromatic N) is 4. The van der Waals surface area contributed by atoms with Crippen LogP contribution in [-0.4, -0.2) is 42.7 Å². The second-order valence-corrected chi connectivity index (χ2v) is 5.42. The first kappa shape index (κ1) is 13.8. The third-order valence-corrected chi connectivity index (χ3v) is 3.91. The number of amides is 1. The van der Waals surface area contributed by atoms with Crippen molar-refractivity contribution in [2.24, 2.45) is 0 Å². The minimum absolute atomic E-state index is 0.0434. The molecule has 1 fully saturated rings. The lowest BCUT2D eigenvalue weighted by molar-refractivity contribution is 0.0594. The number of H-pyrrole nitrogens is 2. The van der Waals surface area contributed by atoms with Crippen molar-refractivity contribution in [2.45, 2.75) is 45.6 Å². The standard InChI is InChI=1S/C14H20N6O/c1-3-10-8-11(18-17-10)14(21)20-7-5-4-6-12(20)13-15-9(2)16-19-13/h8,12H,3-7H2,1-2H3,(H,17,18)(H,15,16,19)/t12-/m1/s1. The summed E-state index contributed by atoms with van der Waals surface area (Å²) in [6.07, 6.45) is 3.83. The van der Waals surface area contributed by atoms with E-state index in [9.17, 15) is 4.79 Å². The summed E-state index contributed by atoms with van der Waals surface area (Å²) in [6, 6.07) is 1.77. The first-order chi connectivity index (χ1) is 10.2. The van der Waals surface area contributed by atoms with E-state index in [0.29, 0.717) is 11.5 Å². The summed E-state index contributed by atoms with van der Waals surface area (Å²) in [7, 11) is 0. The molecule has 1 saturated heterocycles. The van der Waals surface area contributed by atoms with E-state index in [1.165, 1.54) is 0 Å². The van der Waals surface area contributed by atoms with Crippen LogP contribution in [0, 0.1) is 6.92 Å². The smallest absolute Gasteiger partial charge is 0.274 e. The number of carbonyl (C=O) groups is 1. The van der Waals surface area contributed by atoms with Crippen molar-refractivity contribution in [2.75, 3.05) is 6.54 Å². The van der Waals surface area contributed by atoms with Gasteiger partial charge in [0, 0.05) is 12.2 Å². The Balaban J connectivity index is 1.85. The normalized spacial score (nSPS) is 19.0. The summed E-state index contributed by atoms with van der Waals surface area (Å²) in [5.74, 6) is 1.43. The third-order valence-electron chi connectivity index (χ3n) is 3.91. The fourth-order valence-corrected chi connectivity index (χ4v) is 2.75. The summed E-state index contributed by atoms with van der Waals surface area (Å²) < 4.78 is 0. The fraction of sp³-hybridized carbons (Fsp3) is 0.571. The van der Waals surface area contributed by atoms with Crippen molar-refractivity contribution in [3.8, 4) is 0 Å². The minimum Gasteiger partial charge on any atom is -0.327 e. The van der Waals surface area contributed by atoms with Crippen molar-refractivity contribution in [3.63, 3.8) is 0 Å². The van der Waals surface area contributed by atoms with Crippen molar-refractivity contribution in [1.82, 2.24) is 30.3 Å². The Bertz CT molecular complexity index is 631. The molecule has 0 aromatic carbocycles. The van der Waals surface area contributed by atoms with Crippen molar-refractivity contribution in [1.29, 1.82) is 0 Å². The van der Waals surface area contributed by atoms with Crippen LogP contribution < -0.4 is 0 Å². The van der Waals surface area contributed by atoms with E-state index in [1.807, 2.05) is 24.8 Å². The summed E-state index contributed by atoms with van der Waals surface area (Å²) in [6.45, 7) is 4.63. The highest BCUT2D eigenvalue weighted by atomic mass is 16.2. The largest absolute Gasteiger partial charge is 0.327 e. The molecule has 3 rings (SSSR count). The van der Waals surface area contributed by atoms with Crippen LogP contribution in [0.5, 0.6) is 0 Å². The van der Waals surface area contributed by atoms with Crippen molar-refractivity contribution in [3.05, 3.63) is 29.1 Å². The molecule has 3 heterocycles. The topological polar surface area (TPSA) is 90.6 Å². The average molecular weight is 288 g/mol. The van der Waals surface area contributed by atoms with Gasteiger partial charge in [-0.1, -0.05) is 6.92 Å². The number of aromatic amines is 2. The Labute approximate surface area is 123 Å². The molecule has 7 heteroatoms. The number of hydrogen-bond donors (Lipinski definition) is 2. The molecule has 21 heavy (non-hydrogen) atoms. The third kappa shape index (κ3) is 2.68. The highest BCUT2D eigenvalue weighted by Crippen LogP contribution is 2.29. The molecule has 0 saturated carbocycles. The maximum Gasteiger partial charge on any atom is 0.274 e. The Morgan fingerprint density at radius 3 is 2.90 bits per heavy atom. The molecule has 0 radical (unpaired) electrons. The first-order valence-electron chi connectivity index (χ1n) is 7.43. The molecular weight excluding hydrogens is 268 g/mol. The molecule has 7 nitrogen and oxygen atoms in total. The van der Waals surface area contributed by atoms with Gasteiger partial charge in [0.25, 0.3) is 5.91 Å². The summed E-state index contributed by atoms with van der Waals surface area (Å²) in [5, 5.41) is 14.1. The summed E-state index contributed by atoms with van der Waals surface area (Å²) >= 11 is 0. The minimum atomic E-state index is -0.0574. The van der Waals surface area contributed by atoms with E-state index in [4.69, 9.17) is 0 Å². The second-order valence-electron chi connectivity index (χ2n) is 5.42. The zero-order valence-corrected chi connectivity index (χ0v) is 12.4. The number of aryl methyl sites for hydroxylation is 2. The van der Waals surface area contributed by atoms with Crippen LogP contribution in [0.1, 0.15) is 60.1 Å². The van der Waals surface area contributed by atoms with Gasteiger partial charge in [-0.15, -0.1) is 0 Å². The van der Waals surface area contributed by atoms with Gasteiger partial charge in [-0.2, -0.15) is 10.2 Å². The van der Waals surface area contributed by atoms with Crippen LogP contribution in [0.4, 0.5) is 0 Å². The second kappa shape index (κ2) is 5.67. The molecule has 1 aliphatic rings. The molecule has 1 aliphatic heterocycles. The number of hydrogen-bond acceptors (Lipinski definition) is 4. The van der Waals surface area contributed by atoms with Gasteiger partial charge in [-0.05, 0) is 38.7 Å². The SMILES string of the molecule is CCc1cc(C(=O)N2CCCC[C@@H]2c2n[nH]c(C)n2)n[nH]1. The average Bonchev–Trinajstić information content (AvgIpc) is 3.15. The fourth-order valence-electron chi connectivity index (χ4n) is 2.75. The molecular formula is C14H20N6O. The van der Waals surface area contributed by atoms with Crippen LogP contribution in [0.15, 0.2) is 6.07 Å². The lowest BCUT2D eigenvalue weighted by Gasteiger charge is -2.33. The Hall–Kier alpha value is -2.18. The van der Waals surface area contributed by atoms with Gasteiger partial charge in [-0.25, -0.2) is 4.98 Å². The monoisotopic (exact) mass is 288 g/mol. The number of carbonyl (C=O) groups excluding carboxylic acids is 1. The van der Waals surface area contributed by atoms with E-state index in [-0.39, 0.29) is 11.9 Å². The van der Waals surface area contributed by atoms with Gasteiger partial charge in [0.2, 0.25) is 0 Å². The lowest BCUT2D eigenvalue weighted by atomic mass is 10.0. The Morgan fingerprint density at radius 1 is 1.38 bits per heavy atom. The van der Waals surface area contributed by atoms with Gasteiger partial charge in [-0.3, -0.25) is 15.0 Å². The first-order valence-corrected chi connectivity index (χ1v) is 7.43. The Morgan fingerprint density at radius 2 is 2.24 bits per heavy atom. The Kier molecular flexibility index (Phi) is 3.72. The van der Waals surface area contributed by atoms with Gasteiger partial charge >= 0.3 is 0 Å². The maximum atomic E-state index is 12.7. The maximum absolute atomic E-state index is 12.7. The number of likely N-dealkylation sites (tertiary alicyclic amines) is 1. The lowest BCUT2D eigenvalue weighted by Crippen LogP contribution is -2.39. The van der Waals surface area contributed by atoms with E-state index in [0.717, 1.165) is 43.7 Å². The van der Waals surface area contributed by atoms with E-state index in [2.05, 4.69) is 25.4 Å². The number of piperidine rings is 1. The predicted octanol–water partition coefficient (Wildman–Crippen LogP) is 1.77. The quantitative estimate of drug-likeness (QED) is 0.900. The van der Waals surface area contributed by atoms with Gasteiger partial charge in [0.15, 0.2) is 5.82 Å². The molecule has 0 unspecified atom stereocenters. The van der Waals surface area contributed by atoms with Crippen LogP contribution in [0.3, 0.4) is 0 Å². The number of rotatable bonds is 3. The highest BCUT2D eigenvalue weighted by molar-refractivity contribution is 5.92. The number of aromatic nitrogens is 5. The van der Waals surface area contributed by atoms with Crippen molar-refractivity contribution >= 4 is 5.91 Å².